The second-order valence-corrected chi connectivity index (χ2v) is 17.1. The van der Waals surface area contributed by atoms with Gasteiger partial charge in [0, 0.05) is 42.5 Å². The summed E-state index contributed by atoms with van der Waals surface area (Å²) in [7, 11) is -5.00. The molecule has 2 amide bonds. The molecule has 1 aliphatic rings. The first-order valence-electron chi connectivity index (χ1n) is 20.1. The third kappa shape index (κ3) is 12.7. The highest BCUT2D eigenvalue weighted by Crippen LogP contribution is 2.39. The van der Waals surface area contributed by atoms with Gasteiger partial charge in [-0.05, 0) is 48.5 Å². The molecule has 9 N–H and O–H groups in total. The number of aromatic nitrogens is 1. The number of aliphatic hydroxyl groups excluding tert-OH is 1. The largest absolute Gasteiger partial charge is 0.469 e. The number of nitrogens with zero attached hydrogens (tertiary/aromatic N) is 1. The van der Waals surface area contributed by atoms with Gasteiger partial charge in [0.1, 0.15) is 17.5 Å². The van der Waals surface area contributed by atoms with Gasteiger partial charge in [-0.1, -0.05) is 89.8 Å². The van der Waals surface area contributed by atoms with E-state index in [1.807, 2.05) is 64.1 Å². The van der Waals surface area contributed by atoms with Crippen molar-refractivity contribution >= 4 is 42.0 Å². The number of hydrogen-bond acceptors (Lipinski definition) is 11. The number of hydrogen-bond donors (Lipinski definition) is 7. The summed E-state index contributed by atoms with van der Waals surface area (Å²) in [4.78, 5) is 77.0. The molecule has 2 aromatic carbocycles. The van der Waals surface area contributed by atoms with Crippen LogP contribution in [-0.2, 0) is 30.0 Å². The van der Waals surface area contributed by atoms with Crippen molar-refractivity contribution in [2.75, 3.05) is 6.61 Å². The summed E-state index contributed by atoms with van der Waals surface area (Å²) in [6.45, 7) is 7.92. The van der Waals surface area contributed by atoms with Crippen LogP contribution in [-0.4, -0.2) is 74.1 Å². The Morgan fingerprint density at radius 2 is 1.66 bits per heavy atom. The molecule has 1 aliphatic carbocycles. The van der Waals surface area contributed by atoms with Crippen molar-refractivity contribution in [3.8, 4) is 11.5 Å². The van der Waals surface area contributed by atoms with Crippen molar-refractivity contribution < 1.29 is 47.9 Å². The Morgan fingerprint density at radius 3 is 2.29 bits per heavy atom. The van der Waals surface area contributed by atoms with Crippen LogP contribution in [0.3, 0.4) is 0 Å². The number of fused-ring (bicyclic) bond motifs is 1. The number of phosphoric acid groups is 1. The van der Waals surface area contributed by atoms with E-state index in [0.717, 1.165) is 36.5 Å². The van der Waals surface area contributed by atoms with Gasteiger partial charge in [0.05, 0.1) is 36.6 Å². The Bertz CT molecular complexity index is 1930. The fraction of sp³-hybridized carbons (Fsp3) is 0.548. The van der Waals surface area contributed by atoms with E-state index in [9.17, 15) is 38.6 Å². The van der Waals surface area contributed by atoms with E-state index in [0.29, 0.717) is 24.3 Å². The number of benzene rings is 2. The topological polar surface area (TPSA) is 253 Å². The molecule has 1 heterocycles. The monoisotopic (exact) mass is 825 g/mol. The maximum atomic E-state index is 14.6. The first kappa shape index (κ1) is 46.6. The molecule has 58 heavy (non-hydrogen) atoms. The number of aliphatic hydroxyl groups is 1. The van der Waals surface area contributed by atoms with E-state index in [1.54, 1.807) is 12.1 Å². The van der Waals surface area contributed by atoms with Gasteiger partial charge in [-0.15, -0.1) is 0 Å². The number of phosphoric ester groups is 1. The minimum absolute atomic E-state index is 0.0276. The summed E-state index contributed by atoms with van der Waals surface area (Å²) in [5, 5.41) is 18.8. The van der Waals surface area contributed by atoms with E-state index in [2.05, 4.69) is 20.1 Å². The van der Waals surface area contributed by atoms with Crippen molar-refractivity contribution in [1.82, 2.24) is 15.6 Å². The van der Waals surface area contributed by atoms with Gasteiger partial charge in [0.15, 0.2) is 11.6 Å². The fourth-order valence-corrected chi connectivity index (χ4v) is 8.01. The minimum atomic E-state index is -5.00. The molecule has 4 unspecified atom stereocenters. The van der Waals surface area contributed by atoms with Gasteiger partial charge in [-0.3, -0.25) is 28.7 Å². The number of amides is 2. The maximum absolute atomic E-state index is 14.6. The lowest BCUT2D eigenvalue weighted by Gasteiger charge is -2.38. The predicted octanol–water partition coefficient (Wildman–Crippen LogP) is 4.93. The maximum Gasteiger partial charge on any atom is 0.469 e. The number of pyridine rings is 1. The summed E-state index contributed by atoms with van der Waals surface area (Å²) in [6, 6.07) is 11.4. The molecule has 1 fully saturated rings. The van der Waals surface area contributed by atoms with Crippen LogP contribution in [0.2, 0.25) is 0 Å². The molecule has 0 aliphatic heterocycles. The van der Waals surface area contributed by atoms with Gasteiger partial charge in [0.2, 0.25) is 11.8 Å². The lowest BCUT2D eigenvalue weighted by Crippen LogP contribution is -2.55. The highest BCUT2D eigenvalue weighted by Gasteiger charge is 2.42. The fourth-order valence-electron chi connectivity index (χ4n) is 7.67. The number of carbonyl (C=O) groups excluding carboxylic acids is 4. The number of nitrogens with two attached hydrogens (primary N) is 2. The minimum Gasteiger partial charge on any atom is -0.456 e. The molecule has 1 aromatic heterocycles. The molecular weight excluding hydrogens is 765 g/mol. The van der Waals surface area contributed by atoms with Crippen LogP contribution in [0.1, 0.15) is 95.6 Å². The zero-order chi connectivity index (χ0) is 42.7. The summed E-state index contributed by atoms with van der Waals surface area (Å²) >= 11 is 0. The molecule has 0 radical (unpaired) electrons. The van der Waals surface area contributed by atoms with Crippen molar-refractivity contribution in [2.45, 2.75) is 110 Å². The van der Waals surface area contributed by atoms with Crippen molar-refractivity contribution in [1.29, 1.82) is 0 Å². The average Bonchev–Trinajstić information content (AvgIpc) is 3.19. The zero-order valence-electron chi connectivity index (χ0n) is 34.0. The highest BCUT2D eigenvalue weighted by molar-refractivity contribution is 7.46. The Kier molecular flexibility index (Phi) is 17.1. The van der Waals surface area contributed by atoms with Crippen LogP contribution in [0.15, 0.2) is 54.7 Å². The predicted molar refractivity (Wildman–Crippen MR) is 219 cm³/mol. The molecule has 318 valence electrons. The Morgan fingerprint density at radius 1 is 0.983 bits per heavy atom. The Labute approximate surface area is 340 Å². The number of carbonyl (C=O) groups is 4. The van der Waals surface area contributed by atoms with E-state index in [4.69, 9.17) is 16.2 Å². The first-order chi connectivity index (χ1) is 27.4. The lowest BCUT2D eigenvalue weighted by molar-refractivity contribution is -0.133. The Balaban J connectivity index is 1.67. The van der Waals surface area contributed by atoms with Crippen LogP contribution in [0.4, 0.5) is 0 Å². The molecule has 16 heteroatoms. The van der Waals surface area contributed by atoms with Crippen LogP contribution in [0.5, 0.6) is 11.5 Å². The zero-order valence-corrected chi connectivity index (χ0v) is 34.9. The normalized spacial score (nSPS) is 17.4. The standard InChI is InChI=1S/C42H60N5O10P/c1-6-25(4)38(43)42(52)46-21-29-19-36(57-35-18-12-16-27-13-10-11-17-30(27)35)32(22-45-29)40(50)31(24(2)3)20-34(49)39(44)37(28-14-8-7-9-15-28)41(51)33(47-26(5)48)23-56-58(53,54)55/h10-13,16-19,22,24-25,28,31,33-34,37-39,49H,6-9,14-15,20-21,23,43-44H2,1-5H3,(H,46,52)(H,47,48)(H2,53,54,55)/t25-,31?,33-,34?,37?,38-,39?/m0/s1. The summed E-state index contributed by atoms with van der Waals surface area (Å²) in [5.41, 5.74) is 13.5. The Hall–Kier alpha value is -4.08. The lowest BCUT2D eigenvalue weighted by atomic mass is 9.71. The highest BCUT2D eigenvalue weighted by atomic mass is 31.2. The molecular formula is C42H60N5O10P. The summed E-state index contributed by atoms with van der Waals surface area (Å²) in [6.07, 6.45) is 4.41. The van der Waals surface area contributed by atoms with Gasteiger partial charge in [-0.25, -0.2) is 4.57 Å². The number of nitrogens with one attached hydrogen (secondary N) is 2. The van der Waals surface area contributed by atoms with Crippen LogP contribution in [0, 0.1) is 29.6 Å². The van der Waals surface area contributed by atoms with E-state index in [1.165, 1.54) is 13.1 Å². The second kappa shape index (κ2) is 21.3. The molecule has 3 aromatic rings. The molecule has 15 nitrogen and oxygen atoms in total. The quantitative estimate of drug-likeness (QED) is 0.0557. The van der Waals surface area contributed by atoms with Crippen molar-refractivity contribution in [3.63, 3.8) is 0 Å². The second-order valence-electron chi connectivity index (χ2n) is 15.8. The van der Waals surface area contributed by atoms with E-state index < -0.39 is 62.2 Å². The number of Topliss-reactive ketones (excluding diaryl/α,β-unsaturated/α-hetero) is 2. The van der Waals surface area contributed by atoms with E-state index >= 15 is 0 Å². The third-order valence-electron chi connectivity index (χ3n) is 11.3. The average molecular weight is 826 g/mol. The smallest absolute Gasteiger partial charge is 0.456 e. The third-order valence-corrected chi connectivity index (χ3v) is 11.8. The number of rotatable bonds is 21. The summed E-state index contributed by atoms with van der Waals surface area (Å²) < 4.78 is 22.7. The number of ketones is 2. The SMILES string of the molecule is CC[C@H](C)[C@H](N)C(=O)NCc1cc(Oc2cccc3ccccc23)c(C(=O)C(CC(O)C(N)C(C(=O)[C@H](COP(=O)(O)O)NC(C)=O)C2CCCCC2)C(C)C)cn1. The van der Waals surface area contributed by atoms with Crippen LogP contribution in [0.25, 0.3) is 10.8 Å². The molecule has 7 atom stereocenters. The molecule has 0 bridgehead atoms. The number of ether oxygens (including phenoxy) is 1. The molecule has 0 saturated heterocycles. The first-order valence-corrected chi connectivity index (χ1v) is 21.6. The van der Waals surface area contributed by atoms with Gasteiger partial charge in [0.25, 0.3) is 0 Å². The molecule has 1 saturated carbocycles. The van der Waals surface area contributed by atoms with Crippen LogP contribution >= 0.6 is 7.82 Å². The van der Waals surface area contributed by atoms with Gasteiger partial charge >= 0.3 is 7.82 Å². The van der Waals surface area contributed by atoms with Gasteiger partial charge in [-0.2, -0.15) is 0 Å². The van der Waals surface area contributed by atoms with E-state index in [-0.39, 0.29) is 53.7 Å². The van der Waals surface area contributed by atoms with Gasteiger partial charge < -0.3 is 41.7 Å². The molecule has 4 rings (SSSR count). The molecule has 0 spiro atoms. The van der Waals surface area contributed by atoms with Crippen LogP contribution < -0.4 is 26.8 Å². The van der Waals surface area contributed by atoms with Crippen molar-refractivity contribution in [3.05, 3.63) is 66.0 Å². The van der Waals surface area contributed by atoms with Crippen molar-refractivity contribution in [2.24, 2.45) is 41.1 Å². The summed E-state index contributed by atoms with van der Waals surface area (Å²) in [5.74, 6) is -3.78.